The van der Waals surface area contributed by atoms with Crippen LogP contribution in [0.3, 0.4) is 0 Å². The SMILES string of the molecule is COc1ccc(N2C(=O)[C@H]3[C@@H](c4ccccc4Cl)OC4(C(=O)c5ccccc5C4=O)[C@@H]3C2=O)cc1. The van der Waals surface area contributed by atoms with Crippen molar-refractivity contribution >= 4 is 40.7 Å². The van der Waals surface area contributed by atoms with Crippen molar-refractivity contribution in [2.75, 3.05) is 12.0 Å². The summed E-state index contributed by atoms with van der Waals surface area (Å²) in [6, 6.07) is 19.5. The number of anilines is 1. The second-order valence-electron chi connectivity index (χ2n) is 8.71. The topological polar surface area (TPSA) is 90.0 Å². The number of carbonyl (C=O) groups is 4. The maximum Gasteiger partial charge on any atom is 0.241 e. The predicted molar refractivity (Wildman–Crippen MR) is 126 cm³/mol. The van der Waals surface area contributed by atoms with Crippen molar-refractivity contribution in [1.82, 2.24) is 0 Å². The minimum atomic E-state index is -2.13. The van der Waals surface area contributed by atoms with E-state index in [0.717, 1.165) is 4.90 Å². The van der Waals surface area contributed by atoms with E-state index in [1.54, 1.807) is 60.7 Å². The van der Waals surface area contributed by atoms with Crippen molar-refractivity contribution in [3.05, 3.63) is 94.5 Å². The van der Waals surface area contributed by atoms with Crippen LogP contribution in [0.15, 0.2) is 72.8 Å². The van der Waals surface area contributed by atoms with E-state index in [-0.39, 0.29) is 11.1 Å². The molecule has 1 aliphatic carbocycles. The minimum Gasteiger partial charge on any atom is -0.497 e. The lowest BCUT2D eigenvalue weighted by Gasteiger charge is -2.27. The molecule has 2 fully saturated rings. The summed E-state index contributed by atoms with van der Waals surface area (Å²) >= 11 is 6.45. The van der Waals surface area contributed by atoms with E-state index in [0.29, 0.717) is 22.0 Å². The molecule has 3 aromatic rings. The summed E-state index contributed by atoms with van der Waals surface area (Å²) in [6.07, 6.45) is -1.06. The fourth-order valence-corrected chi connectivity index (χ4v) is 5.73. The summed E-state index contributed by atoms with van der Waals surface area (Å²) in [5.74, 6) is -4.31. The molecule has 174 valence electrons. The Morgan fingerprint density at radius 3 is 2.03 bits per heavy atom. The zero-order valence-electron chi connectivity index (χ0n) is 18.4. The first kappa shape index (κ1) is 21.7. The largest absolute Gasteiger partial charge is 0.497 e. The van der Waals surface area contributed by atoms with Gasteiger partial charge in [0.05, 0.1) is 30.7 Å². The quantitative estimate of drug-likeness (QED) is 0.409. The van der Waals surface area contributed by atoms with E-state index >= 15 is 0 Å². The van der Waals surface area contributed by atoms with Crippen LogP contribution in [0.1, 0.15) is 32.4 Å². The van der Waals surface area contributed by atoms with Gasteiger partial charge in [-0.3, -0.25) is 19.2 Å². The summed E-state index contributed by atoms with van der Waals surface area (Å²) in [5.41, 5.74) is -1.01. The molecule has 0 radical (unpaired) electrons. The number of rotatable bonds is 3. The van der Waals surface area contributed by atoms with Crippen LogP contribution in [0.25, 0.3) is 0 Å². The number of ketones is 2. The first-order valence-electron chi connectivity index (χ1n) is 11.0. The number of carbonyl (C=O) groups excluding carboxylic acids is 4. The van der Waals surface area contributed by atoms with Gasteiger partial charge in [0.2, 0.25) is 29.0 Å². The molecule has 7 nitrogen and oxygen atoms in total. The standard InChI is InChI=1S/C27H18ClNO6/c1-34-15-12-10-14(11-13-15)29-25(32)20-21(26(29)33)27(35-22(20)18-8-4-5-9-19(18)28)23(30)16-6-2-3-7-17(16)24(27)31/h2-13,20-22H,1H3/t20-,21+,22-/m1/s1. The van der Waals surface area contributed by atoms with E-state index < -0.39 is 46.9 Å². The Morgan fingerprint density at radius 2 is 1.43 bits per heavy atom. The Hall–Kier alpha value is -3.81. The van der Waals surface area contributed by atoms with Crippen LogP contribution in [0.2, 0.25) is 5.02 Å². The summed E-state index contributed by atoms with van der Waals surface area (Å²) in [4.78, 5) is 56.2. The van der Waals surface area contributed by atoms with Gasteiger partial charge in [0, 0.05) is 21.7 Å². The lowest BCUT2D eigenvalue weighted by molar-refractivity contribution is -0.127. The molecular formula is C27H18ClNO6. The maximum atomic E-state index is 13.9. The number of methoxy groups -OCH3 is 1. The van der Waals surface area contributed by atoms with Crippen LogP contribution in [-0.4, -0.2) is 36.1 Å². The highest BCUT2D eigenvalue weighted by Gasteiger charge is 2.74. The van der Waals surface area contributed by atoms with Gasteiger partial charge in [-0.1, -0.05) is 54.1 Å². The molecule has 0 aromatic heterocycles. The van der Waals surface area contributed by atoms with Gasteiger partial charge in [0.25, 0.3) is 0 Å². The molecule has 35 heavy (non-hydrogen) atoms. The number of hydrogen-bond acceptors (Lipinski definition) is 6. The zero-order valence-corrected chi connectivity index (χ0v) is 19.2. The number of ether oxygens (including phenoxy) is 2. The molecule has 3 aliphatic rings. The molecule has 6 rings (SSSR count). The predicted octanol–water partition coefficient (Wildman–Crippen LogP) is 4.04. The van der Waals surface area contributed by atoms with Crippen molar-refractivity contribution in [2.45, 2.75) is 11.7 Å². The van der Waals surface area contributed by atoms with Crippen molar-refractivity contribution in [3.63, 3.8) is 0 Å². The van der Waals surface area contributed by atoms with Crippen LogP contribution in [0, 0.1) is 11.8 Å². The van der Waals surface area contributed by atoms with Gasteiger partial charge in [-0.15, -0.1) is 0 Å². The fraction of sp³-hybridized carbons (Fsp3) is 0.185. The van der Waals surface area contributed by atoms with Crippen LogP contribution in [0.4, 0.5) is 5.69 Å². The van der Waals surface area contributed by atoms with Crippen LogP contribution in [0.5, 0.6) is 5.75 Å². The maximum absolute atomic E-state index is 13.9. The number of Topliss-reactive ketones (excluding diaryl/α,β-unsaturated/α-hetero) is 2. The number of nitrogens with zero attached hydrogens (tertiary/aromatic N) is 1. The van der Waals surface area contributed by atoms with Gasteiger partial charge in [-0.2, -0.15) is 0 Å². The Labute approximate surface area is 205 Å². The van der Waals surface area contributed by atoms with Gasteiger partial charge in [-0.25, -0.2) is 4.90 Å². The normalized spacial score (nSPS) is 24.3. The molecular weight excluding hydrogens is 470 g/mol. The van der Waals surface area contributed by atoms with Crippen LogP contribution < -0.4 is 9.64 Å². The van der Waals surface area contributed by atoms with Gasteiger partial charge in [0.1, 0.15) is 5.75 Å². The monoisotopic (exact) mass is 487 g/mol. The number of imide groups is 1. The first-order chi connectivity index (χ1) is 16.9. The summed E-state index contributed by atoms with van der Waals surface area (Å²) in [5, 5.41) is 0.312. The number of halogens is 1. The van der Waals surface area contributed by atoms with E-state index in [1.165, 1.54) is 19.2 Å². The molecule has 2 aliphatic heterocycles. The average molecular weight is 488 g/mol. The van der Waals surface area contributed by atoms with Crippen LogP contribution in [-0.2, 0) is 14.3 Å². The molecule has 0 saturated carbocycles. The second-order valence-corrected chi connectivity index (χ2v) is 9.12. The van der Waals surface area contributed by atoms with E-state index in [9.17, 15) is 19.2 Å². The molecule has 2 amide bonds. The Bertz CT molecular complexity index is 1400. The Balaban J connectivity index is 1.54. The Morgan fingerprint density at radius 1 is 0.829 bits per heavy atom. The highest BCUT2D eigenvalue weighted by Crippen LogP contribution is 2.58. The lowest BCUT2D eigenvalue weighted by Crippen LogP contribution is -2.51. The zero-order chi connectivity index (χ0) is 24.5. The fourth-order valence-electron chi connectivity index (χ4n) is 5.49. The third kappa shape index (κ3) is 2.76. The van der Waals surface area contributed by atoms with Crippen molar-refractivity contribution in [1.29, 1.82) is 0 Å². The third-order valence-electron chi connectivity index (χ3n) is 7.06. The number of benzene rings is 3. The van der Waals surface area contributed by atoms with E-state index in [4.69, 9.17) is 21.1 Å². The summed E-state index contributed by atoms with van der Waals surface area (Å²) in [6.45, 7) is 0. The lowest BCUT2D eigenvalue weighted by atomic mass is 9.77. The Kier molecular flexibility index (Phi) is 4.71. The molecule has 2 saturated heterocycles. The number of amides is 2. The number of hydrogen-bond donors (Lipinski definition) is 0. The van der Waals surface area contributed by atoms with Gasteiger partial charge in [-0.05, 0) is 30.3 Å². The van der Waals surface area contributed by atoms with E-state index in [1.807, 2.05) is 0 Å². The first-order valence-corrected chi connectivity index (χ1v) is 11.4. The highest BCUT2D eigenvalue weighted by molar-refractivity contribution is 6.37. The molecule has 8 heteroatoms. The van der Waals surface area contributed by atoms with Gasteiger partial charge >= 0.3 is 0 Å². The third-order valence-corrected chi connectivity index (χ3v) is 7.41. The van der Waals surface area contributed by atoms with E-state index in [2.05, 4.69) is 0 Å². The molecule has 2 heterocycles. The average Bonchev–Trinajstić information content (AvgIpc) is 3.44. The molecule has 3 aromatic carbocycles. The highest BCUT2D eigenvalue weighted by atomic mass is 35.5. The van der Waals surface area contributed by atoms with Crippen LogP contribution >= 0.6 is 11.6 Å². The molecule has 1 spiro atoms. The van der Waals surface area contributed by atoms with Gasteiger partial charge < -0.3 is 9.47 Å². The molecule has 3 atom stereocenters. The number of fused-ring (bicyclic) bond motifs is 3. The molecule has 0 bridgehead atoms. The summed E-state index contributed by atoms with van der Waals surface area (Å²) < 4.78 is 11.4. The molecule has 0 N–H and O–H groups in total. The van der Waals surface area contributed by atoms with Crippen molar-refractivity contribution < 1.29 is 28.7 Å². The minimum absolute atomic E-state index is 0.180. The van der Waals surface area contributed by atoms with Crippen molar-refractivity contribution in [3.8, 4) is 5.75 Å². The van der Waals surface area contributed by atoms with Gasteiger partial charge in [0.15, 0.2) is 0 Å². The molecule has 0 unspecified atom stereocenters. The second kappa shape index (κ2) is 7.60. The van der Waals surface area contributed by atoms with Crippen molar-refractivity contribution in [2.24, 2.45) is 11.8 Å². The summed E-state index contributed by atoms with van der Waals surface area (Å²) in [7, 11) is 1.51. The smallest absolute Gasteiger partial charge is 0.241 e.